The fraction of sp³-hybridized carbons (Fsp3) is 0.467. The van der Waals surface area contributed by atoms with E-state index in [1.54, 1.807) is 6.33 Å². The van der Waals surface area contributed by atoms with Gasteiger partial charge in [-0.15, -0.1) is 0 Å². The molecule has 1 N–H and O–H groups in total. The first-order valence-electron chi connectivity index (χ1n) is 6.92. The van der Waals surface area contributed by atoms with E-state index in [0.29, 0.717) is 12.6 Å². The topological polar surface area (TPSA) is 42.7 Å². The number of rotatable bonds is 6. The molecule has 0 saturated carbocycles. The third kappa shape index (κ3) is 3.56. The minimum Gasteiger partial charge on any atom is -0.378 e. The second-order valence-corrected chi connectivity index (χ2v) is 5.02. The molecule has 0 aliphatic heterocycles. The highest BCUT2D eigenvalue weighted by Gasteiger charge is 2.06. The highest BCUT2D eigenvalue weighted by molar-refractivity contribution is 5.44. The van der Waals surface area contributed by atoms with Crippen molar-refractivity contribution in [2.75, 3.05) is 5.32 Å². The van der Waals surface area contributed by atoms with Gasteiger partial charge in [-0.3, -0.25) is 0 Å². The van der Waals surface area contributed by atoms with Crippen LogP contribution in [0.25, 0.3) is 0 Å². The van der Waals surface area contributed by atoms with Crippen LogP contribution < -0.4 is 5.32 Å². The van der Waals surface area contributed by atoms with Crippen LogP contribution in [0.3, 0.4) is 0 Å². The van der Waals surface area contributed by atoms with Gasteiger partial charge in [0.2, 0.25) is 0 Å². The van der Waals surface area contributed by atoms with Crippen LogP contribution in [0.4, 0.5) is 5.69 Å². The number of aromatic nitrogens is 3. The third-order valence-electron chi connectivity index (χ3n) is 3.08. The smallest absolute Gasteiger partial charge is 0.146 e. The fourth-order valence-electron chi connectivity index (χ4n) is 2.09. The standard InChI is InChI=1S/C15H22N4/c1-4-5-13-6-8-14(9-7-13)16-10-15-17-11-18-19(15)12(2)3/h6-9,11-12,16H,4-5,10H2,1-3H3. The van der Waals surface area contributed by atoms with Gasteiger partial charge in [0.1, 0.15) is 12.2 Å². The molecule has 0 radical (unpaired) electrons. The van der Waals surface area contributed by atoms with Crippen molar-refractivity contribution >= 4 is 5.69 Å². The van der Waals surface area contributed by atoms with Gasteiger partial charge in [0.15, 0.2) is 0 Å². The average molecular weight is 258 g/mol. The Morgan fingerprint density at radius 3 is 2.58 bits per heavy atom. The molecule has 0 fully saturated rings. The quantitative estimate of drug-likeness (QED) is 0.863. The molecule has 4 nitrogen and oxygen atoms in total. The molecule has 19 heavy (non-hydrogen) atoms. The number of nitrogens with zero attached hydrogens (tertiary/aromatic N) is 3. The van der Waals surface area contributed by atoms with Crippen LogP contribution in [0.2, 0.25) is 0 Å². The summed E-state index contributed by atoms with van der Waals surface area (Å²) in [7, 11) is 0. The van der Waals surface area contributed by atoms with Gasteiger partial charge in [0, 0.05) is 11.7 Å². The number of hydrogen-bond donors (Lipinski definition) is 1. The summed E-state index contributed by atoms with van der Waals surface area (Å²) in [5.74, 6) is 0.965. The van der Waals surface area contributed by atoms with Crippen LogP contribution in [-0.2, 0) is 13.0 Å². The van der Waals surface area contributed by atoms with Gasteiger partial charge in [-0.2, -0.15) is 5.10 Å². The predicted octanol–water partition coefficient (Wildman–Crippen LogP) is 3.42. The monoisotopic (exact) mass is 258 g/mol. The predicted molar refractivity (Wildman–Crippen MR) is 78.2 cm³/mol. The zero-order chi connectivity index (χ0) is 13.7. The highest BCUT2D eigenvalue weighted by atomic mass is 15.3. The molecule has 0 saturated heterocycles. The molecule has 0 aliphatic rings. The maximum absolute atomic E-state index is 4.29. The number of benzene rings is 1. The van der Waals surface area contributed by atoms with E-state index in [1.807, 2.05) is 4.68 Å². The van der Waals surface area contributed by atoms with E-state index in [4.69, 9.17) is 0 Å². The molecule has 0 unspecified atom stereocenters. The number of anilines is 1. The zero-order valence-corrected chi connectivity index (χ0v) is 11.9. The van der Waals surface area contributed by atoms with Crippen molar-refractivity contribution in [3.63, 3.8) is 0 Å². The van der Waals surface area contributed by atoms with Crippen molar-refractivity contribution in [3.05, 3.63) is 42.0 Å². The van der Waals surface area contributed by atoms with Crippen molar-refractivity contribution < 1.29 is 0 Å². The largest absolute Gasteiger partial charge is 0.378 e. The first-order valence-corrected chi connectivity index (χ1v) is 6.92. The molecule has 0 aliphatic carbocycles. The lowest BCUT2D eigenvalue weighted by Crippen LogP contribution is -2.12. The van der Waals surface area contributed by atoms with E-state index in [0.717, 1.165) is 17.9 Å². The van der Waals surface area contributed by atoms with E-state index >= 15 is 0 Å². The molecule has 0 bridgehead atoms. The average Bonchev–Trinajstić information content (AvgIpc) is 2.87. The molecule has 0 atom stereocenters. The number of hydrogen-bond acceptors (Lipinski definition) is 3. The lowest BCUT2D eigenvalue weighted by atomic mass is 10.1. The summed E-state index contributed by atoms with van der Waals surface area (Å²) in [5, 5.41) is 7.62. The van der Waals surface area contributed by atoms with Crippen molar-refractivity contribution in [2.24, 2.45) is 0 Å². The van der Waals surface area contributed by atoms with E-state index in [-0.39, 0.29) is 0 Å². The Balaban J connectivity index is 1.96. The Bertz CT molecular complexity index is 499. The zero-order valence-electron chi connectivity index (χ0n) is 11.9. The maximum Gasteiger partial charge on any atom is 0.146 e. The van der Waals surface area contributed by atoms with Gasteiger partial charge in [-0.1, -0.05) is 25.5 Å². The molecule has 4 heteroatoms. The fourth-order valence-corrected chi connectivity index (χ4v) is 2.09. The van der Waals surface area contributed by atoms with Crippen LogP contribution in [0.5, 0.6) is 0 Å². The normalized spacial score (nSPS) is 10.9. The Morgan fingerprint density at radius 1 is 1.21 bits per heavy atom. The van der Waals surface area contributed by atoms with Crippen molar-refractivity contribution in [2.45, 2.75) is 46.2 Å². The lowest BCUT2D eigenvalue weighted by molar-refractivity contribution is 0.509. The first kappa shape index (κ1) is 13.6. The van der Waals surface area contributed by atoms with Gasteiger partial charge < -0.3 is 5.32 Å². The summed E-state index contributed by atoms with van der Waals surface area (Å²) in [6, 6.07) is 8.95. The van der Waals surface area contributed by atoms with Crippen molar-refractivity contribution in [3.8, 4) is 0 Å². The van der Waals surface area contributed by atoms with E-state index < -0.39 is 0 Å². The maximum atomic E-state index is 4.29. The van der Waals surface area contributed by atoms with Gasteiger partial charge >= 0.3 is 0 Å². The Kier molecular flexibility index (Phi) is 4.55. The lowest BCUT2D eigenvalue weighted by Gasteiger charge is -2.11. The number of nitrogens with one attached hydrogen (secondary N) is 1. The summed E-state index contributed by atoms with van der Waals surface area (Å²) >= 11 is 0. The summed E-state index contributed by atoms with van der Waals surface area (Å²) in [6.07, 6.45) is 3.94. The van der Waals surface area contributed by atoms with E-state index in [9.17, 15) is 0 Å². The van der Waals surface area contributed by atoms with E-state index in [1.165, 1.54) is 12.0 Å². The highest BCUT2D eigenvalue weighted by Crippen LogP contribution is 2.13. The Hall–Kier alpha value is -1.84. The van der Waals surface area contributed by atoms with Gasteiger partial charge in [-0.25, -0.2) is 9.67 Å². The minimum absolute atomic E-state index is 0.339. The molecular weight excluding hydrogens is 236 g/mol. The molecule has 0 amide bonds. The van der Waals surface area contributed by atoms with E-state index in [2.05, 4.69) is 60.4 Å². The Labute approximate surface area is 114 Å². The Morgan fingerprint density at radius 2 is 1.95 bits per heavy atom. The van der Waals surface area contributed by atoms with Crippen LogP contribution in [0, 0.1) is 0 Å². The summed E-state index contributed by atoms with van der Waals surface area (Å²) in [5.41, 5.74) is 2.51. The van der Waals surface area contributed by atoms with Crippen molar-refractivity contribution in [1.29, 1.82) is 0 Å². The minimum atomic E-state index is 0.339. The second-order valence-electron chi connectivity index (χ2n) is 5.02. The van der Waals surface area contributed by atoms with Crippen LogP contribution in [0.1, 0.15) is 44.6 Å². The number of aryl methyl sites for hydroxylation is 1. The third-order valence-corrected chi connectivity index (χ3v) is 3.08. The summed E-state index contributed by atoms with van der Waals surface area (Å²) in [4.78, 5) is 4.29. The SMILES string of the molecule is CCCc1ccc(NCc2ncnn2C(C)C)cc1. The molecule has 102 valence electrons. The van der Waals surface area contributed by atoms with Crippen molar-refractivity contribution in [1.82, 2.24) is 14.8 Å². The molecule has 1 aromatic carbocycles. The van der Waals surface area contributed by atoms with Crippen LogP contribution >= 0.6 is 0 Å². The molecular formula is C15H22N4. The second kappa shape index (κ2) is 6.36. The molecule has 2 rings (SSSR count). The first-order chi connectivity index (χ1) is 9.20. The molecule has 0 spiro atoms. The molecule has 1 heterocycles. The molecule has 1 aromatic heterocycles. The summed E-state index contributed by atoms with van der Waals surface area (Å²) in [6.45, 7) is 7.12. The molecule has 2 aromatic rings. The van der Waals surface area contributed by atoms with Crippen LogP contribution in [0.15, 0.2) is 30.6 Å². The van der Waals surface area contributed by atoms with Gasteiger partial charge in [0.25, 0.3) is 0 Å². The van der Waals surface area contributed by atoms with Gasteiger partial charge in [0.05, 0.1) is 6.54 Å². The van der Waals surface area contributed by atoms with Gasteiger partial charge in [-0.05, 0) is 38.0 Å². The summed E-state index contributed by atoms with van der Waals surface area (Å²) < 4.78 is 1.94. The van der Waals surface area contributed by atoms with Crippen LogP contribution in [-0.4, -0.2) is 14.8 Å².